The molecule has 0 aliphatic carbocycles. The zero-order chi connectivity index (χ0) is 12.6. The predicted octanol–water partition coefficient (Wildman–Crippen LogP) is 2.74. The van der Waals surface area contributed by atoms with Gasteiger partial charge in [-0.2, -0.15) is 0 Å². The van der Waals surface area contributed by atoms with Crippen LogP contribution in [0.25, 0.3) is 0 Å². The molecule has 0 aromatic heterocycles. The SMILES string of the molecule is CCCC1Cc2cc(O)c(Br)c(O)c2C(=O)O1. The maximum atomic E-state index is 11.8. The second kappa shape index (κ2) is 4.56. The fraction of sp³-hybridized carbons (Fsp3) is 0.417. The maximum absolute atomic E-state index is 11.8. The molecule has 0 spiro atoms. The quantitative estimate of drug-likeness (QED) is 0.824. The molecular formula is C12H13BrO4. The Bertz CT molecular complexity index is 470. The van der Waals surface area contributed by atoms with Gasteiger partial charge in [-0.3, -0.25) is 0 Å². The number of aromatic hydroxyl groups is 2. The van der Waals surface area contributed by atoms with E-state index in [-0.39, 0.29) is 27.6 Å². The van der Waals surface area contributed by atoms with Crippen molar-refractivity contribution in [3.63, 3.8) is 0 Å². The smallest absolute Gasteiger partial charge is 0.342 e. The number of halogens is 1. The van der Waals surface area contributed by atoms with E-state index in [1.807, 2.05) is 6.92 Å². The van der Waals surface area contributed by atoms with E-state index >= 15 is 0 Å². The lowest BCUT2D eigenvalue weighted by atomic mass is 9.95. The van der Waals surface area contributed by atoms with E-state index in [4.69, 9.17) is 4.74 Å². The van der Waals surface area contributed by atoms with Gasteiger partial charge in [0, 0.05) is 6.42 Å². The Morgan fingerprint density at radius 2 is 2.24 bits per heavy atom. The summed E-state index contributed by atoms with van der Waals surface area (Å²) in [5.41, 5.74) is 0.792. The third kappa shape index (κ3) is 2.11. The number of fused-ring (bicyclic) bond motifs is 1. The molecule has 1 aliphatic rings. The predicted molar refractivity (Wildman–Crippen MR) is 65.3 cm³/mol. The molecule has 2 rings (SSSR count). The topological polar surface area (TPSA) is 66.8 Å². The fourth-order valence-corrected chi connectivity index (χ4v) is 2.37. The van der Waals surface area contributed by atoms with Crippen LogP contribution in [0.2, 0.25) is 0 Å². The largest absolute Gasteiger partial charge is 0.507 e. The zero-order valence-corrected chi connectivity index (χ0v) is 11.0. The third-order valence-corrected chi connectivity index (χ3v) is 3.62. The van der Waals surface area contributed by atoms with Gasteiger partial charge in [-0.05, 0) is 34.0 Å². The number of cyclic esters (lactones) is 1. The van der Waals surface area contributed by atoms with Crippen LogP contribution in [0, 0.1) is 0 Å². The van der Waals surface area contributed by atoms with Gasteiger partial charge < -0.3 is 14.9 Å². The molecule has 5 heteroatoms. The van der Waals surface area contributed by atoms with Crippen molar-refractivity contribution in [3.05, 3.63) is 21.7 Å². The molecule has 17 heavy (non-hydrogen) atoms. The number of rotatable bonds is 2. The van der Waals surface area contributed by atoms with Crippen LogP contribution in [0.1, 0.15) is 35.7 Å². The number of carbonyl (C=O) groups is 1. The van der Waals surface area contributed by atoms with Crippen molar-refractivity contribution < 1.29 is 19.7 Å². The molecule has 0 saturated heterocycles. The number of ether oxygens (including phenoxy) is 1. The first-order valence-corrected chi connectivity index (χ1v) is 6.28. The molecule has 0 amide bonds. The van der Waals surface area contributed by atoms with Crippen LogP contribution >= 0.6 is 15.9 Å². The molecule has 1 atom stereocenters. The number of benzene rings is 1. The average Bonchev–Trinajstić information content (AvgIpc) is 2.25. The summed E-state index contributed by atoms with van der Waals surface area (Å²) < 4.78 is 5.35. The van der Waals surface area contributed by atoms with Crippen molar-refractivity contribution in [2.45, 2.75) is 32.3 Å². The summed E-state index contributed by atoms with van der Waals surface area (Å²) in [6, 6.07) is 1.50. The van der Waals surface area contributed by atoms with Crippen molar-refractivity contribution in [1.82, 2.24) is 0 Å². The van der Waals surface area contributed by atoms with Gasteiger partial charge in [0.1, 0.15) is 27.6 Å². The van der Waals surface area contributed by atoms with E-state index < -0.39 is 5.97 Å². The summed E-state index contributed by atoms with van der Waals surface area (Å²) in [6.07, 6.45) is 2.06. The number of hydrogen-bond donors (Lipinski definition) is 2. The van der Waals surface area contributed by atoms with Gasteiger partial charge in [0.15, 0.2) is 0 Å². The molecule has 2 N–H and O–H groups in total. The van der Waals surface area contributed by atoms with Crippen LogP contribution < -0.4 is 0 Å². The first-order valence-electron chi connectivity index (χ1n) is 5.48. The second-order valence-corrected chi connectivity index (χ2v) is 4.91. The Morgan fingerprint density at radius 1 is 1.53 bits per heavy atom. The number of esters is 1. The van der Waals surface area contributed by atoms with Crippen molar-refractivity contribution in [3.8, 4) is 11.5 Å². The molecule has 1 heterocycles. The summed E-state index contributed by atoms with van der Waals surface area (Å²) in [4.78, 5) is 11.8. The van der Waals surface area contributed by atoms with Crippen LogP contribution in [0.5, 0.6) is 11.5 Å². The van der Waals surface area contributed by atoms with Gasteiger partial charge in [-0.1, -0.05) is 13.3 Å². The lowest BCUT2D eigenvalue weighted by Crippen LogP contribution is -2.27. The van der Waals surface area contributed by atoms with Crippen LogP contribution in [0.4, 0.5) is 0 Å². The highest BCUT2D eigenvalue weighted by atomic mass is 79.9. The Labute approximate surface area is 107 Å². The van der Waals surface area contributed by atoms with Crippen molar-refractivity contribution in [1.29, 1.82) is 0 Å². The monoisotopic (exact) mass is 300 g/mol. The van der Waals surface area contributed by atoms with E-state index in [2.05, 4.69) is 15.9 Å². The molecule has 0 saturated carbocycles. The minimum atomic E-state index is -0.525. The molecular weight excluding hydrogens is 288 g/mol. The normalized spacial score (nSPS) is 18.7. The van der Waals surface area contributed by atoms with Crippen molar-refractivity contribution in [2.75, 3.05) is 0 Å². The van der Waals surface area contributed by atoms with Gasteiger partial charge >= 0.3 is 5.97 Å². The van der Waals surface area contributed by atoms with Crippen LogP contribution in [-0.2, 0) is 11.2 Å². The summed E-state index contributed by atoms with van der Waals surface area (Å²) >= 11 is 3.02. The van der Waals surface area contributed by atoms with Gasteiger partial charge in [0.2, 0.25) is 0 Å². The molecule has 1 unspecified atom stereocenters. The Hall–Kier alpha value is -1.23. The molecule has 92 valence electrons. The summed E-state index contributed by atoms with van der Waals surface area (Å²) in [5.74, 6) is -0.839. The molecule has 0 radical (unpaired) electrons. The first-order chi connectivity index (χ1) is 8.04. The van der Waals surface area contributed by atoms with E-state index in [9.17, 15) is 15.0 Å². The zero-order valence-electron chi connectivity index (χ0n) is 9.36. The summed E-state index contributed by atoms with van der Waals surface area (Å²) in [6.45, 7) is 2.01. The lowest BCUT2D eigenvalue weighted by Gasteiger charge is -2.25. The highest BCUT2D eigenvalue weighted by Crippen LogP contribution is 2.40. The second-order valence-electron chi connectivity index (χ2n) is 4.11. The van der Waals surface area contributed by atoms with E-state index in [0.717, 1.165) is 12.8 Å². The van der Waals surface area contributed by atoms with Gasteiger partial charge in [-0.25, -0.2) is 4.79 Å². The molecule has 1 aliphatic heterocycles. The summed E-state index contributed by atoms with van der Waals surface area (Å²) in [7, 11) is 0. The highest BCUT2D eigenvalue weighted by molar-refractivity contribution is 9.10. The number of hydrogen-bond acceptors (Lipinski definition) is 4. The standard InChI is InChI=1S/C12H13BrO4/c1-2-3-7-4-6-5-8(14)10(13)11(15)9(6)12(16)17-7/h5,7,14-15H,2-4H2,1H3. The van der Waals surface area contributed by atoms with E-state index in [1.165, 1.54) is 6.07 Å². The average molecular weight is 301 g/mol. The van der Waals surface area contributed by atoms with E-state index in [1.54, 1.807) is 0 Å². The van der Waals surface area contributed by atoms with Gasteiger partial charge in [0.25, 0.3) is 0 Å². The molecule has 1 aromatic carbocycles. The minimum absolute atomic E-state index is 0.0637. The number of carbonyl (C=O) groups excluding carboxylic acids is 1. The van der Waals surface area contributed by atoms with Gasteiger partial charge in [0.05, 0.1) is 0 Å². The van der Waals surface area contributed by atoms with E-state index in [0.29, 0.717) is 12.0 Å². The molecule has 0 fully saturated rings. The number of phenolic OH excluding ortho intramolecular Hbond substituents is 2. The van der Waals surface area contributed by atoms with Crippen LogP contribution in [-0.4, -0.2) is 22.3 Å². The minimum Gasteiger partial charge on any atom is -0.507 e. The highest BCUT2D eigenvalue weighted by Gasteiger charge is 2.30. The van der Waals surface area contributed by atoms with Gasteiger partial charge in [-0.15, -0.1) is 0 Å². The van der Waals surface area contributed by atoms with Crippen LogP contribution in [0.15, 0.2) is 10.5 Å². The fourth-order valence-electron chi connectivity index (χ4n) is 2.05. The summed E-state index contributed by atoms with van der Waals surface area (Å²) in [5, 5.41) is 19.4. The Balaban J connectivity index is 2.45. The third-order valence-electron chi connectivity index (χ3n) is 2.84. The van der Waals surface area contributed by atoms with Crippen LogP contribution in [0.3, 0.4) is 0 Å². The Kier molecular flexibility index (Phi) is 3.28. The first kappa shape index (κ1) is 12.2. The van der Waals surface area contributed by atoms with Crippen molar-refractivity contribution in [2.24, 2.45) is 0 Å². The van der Waals surface area contributed by atoms with Crippen molar-refractivity contribution >= 4 is 21.9 Å². The molecule has 0 bridgehead atoms. The molecule has 1 aromatic rings. The maximum Gasteiger partial charge on any atom is 0.342 e. The lowest BCUT2D eigenvalue weighted by molar-refractivity contribution is 0.0232. The number of phenols is 2. The molecule has 4 nitrogen and oxygen atoms in total. The Morgan fingerprint density at radius 3 is 2.88 bits per heavy atom.